The molecule has 0 bridgehead atoms. The van der Waals surface area contributed by atoms with Crippen LogP contribution < -0.4 is 4.89 Å². The van der Waals surface area contributed by atoms with Crippen LogP contribution in [0.2, 0.25) is 0 Å². The van der Waals surface area contributed by atoms with E-state index in [0.29, 0.717) is 17.4 Å². The van der Waals surface area contributed by atoms with Gasteiger partial charge in [0.25, 0.3) is 7.82 Å². The highest BCUT2D eigenvalue weighted by Gasteiger charge is 2.21. The second-order valence-corrected chi connectivity index (χ2v) is 17.9. The predicted octanol–water partition coefficient (Wildman–Crippen LogP) is 12.6. The summed E-state index contributed by atoms with van der Waals surface area (Å²) < 4.78 is 33.9. The quantitative estimate of drug-likeness (QED) is 0.0196. The second kappa shape index (κ2) is 40.1. The fourth-order valence-corrected chi connectivity index (χ4v) is 6.76. The molecule has 0 amide bonds. The minimum atomic E-state index is -4.64. The van der Waals surface area contributed by atoms with Crippen molar-refractivity contribution < 1.29 is 42.1 Å². The maximum Gasteiger partial charge on any atom is 0.306 e. The molecule has 10 heteroatoms. The largest absolute Gasteiger partial charge is 0.756 e. The number of likely N-dealkylation sites (N-methyl/N-ethyl adjacent to an activating group) is 1. The minimum Gasteiger partial charge on any atom is -0.756 e. The lowest BCUT2D eigenvalue weighted by Gasteiger charge is -2.28. The van der Waals surface area contributed by atoms with E-state index in [-0.39, 0.29) is 26.1 Å². The molecule has 0 aliphatic rings. The van der Waals surface area contributed by atoms with Crippen molar-refractivity contribution in [3.05, 3.63) is 61.3 Å². The molecule has 0 saturated heterocycles. The van der Waals surface area contributed by atoms with Crippen molar-refractivity contribution in [1.29, 1.82) is 0 Å². The summed E-state index contributed by atoms with van der Waals surface area (Å²) in [5, 5.41) is 0. The highest BCUT2D eigenvalue weighted by atomic mass is 31.2. The molecule has 0 saturated carbocycles. The van der Waals surface area contributed by atoms with Crippen LogP contribution in [0, 0.1) is 0 Å². The van der Waals surface area contributed by atoms with Gasteiger partial charge in [0.05, 0.1) is 27.7 Å². The van der Waals surface area contributed by atoms with E-state index in [1.54, 1.807) is 0 Å². The highest BCUT2D eigenvalue weighted by Crippen LogP contribution is 2.38. The highest BCUT2D eigenvalue weighted by molar-refractivity contribution is 7.45. The van der Waals surface area contributed by atoms with Gasteiger partial charge in [-0.3, -0.25) is 14.2 Å². The Labute approximate surface area is 356 Å². The lowest BCUT2D eigenvalue weighted by Crippen LogP contribution is -2.37. The molecule has 0 aliphatic carbocycles. The lowest BCUT2D eigenvalue weighted by atomic mass is 10.0. The molecule has 0 aromatic rings. The zero-order valence-corrected chi connectivity index (χ0v) is 38.5. The first kappa shape index (κ1) is 55.7. The number of quaternary nitrogens is 1. The van der Waals surface area contributed by atoms with Crippen LogP contribution in [0.4, 0.5) is 0 Å². The molecule has 0 fully saturated rings. The molecule has 0 aromatic carbocycles. The van der Waals surface area contributed by atoms with Gasteiger partial charge in [-0.1, -0.05) is 151 Å². The zero-order valence-electron chi connectivity index (χ0n) is 37.6. The van der Waals surface area contributed by atoms with Crippen LogP contribution in [0.25, 0.3) is 0 Å². The predicted molar refractivity (Wildman–Crippen MR) is 240 cm³/mol. The second-order valence-electron chi connectivity index (χ2n) is 16.5. The van der Waals surface area contributed by atoms with Gasteiger partial charge in [-0.05, 0) is 70.6 Å². The van der Waals surface area contributed by atoms with Crippen molar-refractivity contribution >= 4 is 19.8 Å². The number of phosphoric acid groups is 1. The molecular formula is C48H86NO8P. The number of hydrogen-bond acceptors (Lipinski definition) is 8. The van der Waals surface area contributed by atoms with Gasteiger partial charge < -0.3 is 27.9 Å². The summed E-state index contributed by atoms with van der Waals surface area (Å²) in [4.78, 5) is 37.6. The zero-order chi connectivity index (χ0) is 42.8. The fourth-order valence-electron chi connectivity index (χ4n) is 6.03. The van der Waals surface area contributed by atoms with E-state index >= 15 is 0 Å². The molecule has 0 heterocycles. The van der Waals surface area contributed by atoms with Crippen molar-refractivity contribution in [2.24, 2.45) is 0 Å². The number of allylic oxidation sites excluding steroid dienone is 9. The summed E-state index contributed by atoms with van der Waals surface area (Å²) in [7, 11) is 1.13. The molecule has 1 unspecified atom stereocenters. The first-order valence-corrected chi connectivity index (χ1v) is 24.4. The Morgan fingerprint density at radius 2 is 1.02 bits per heavy atom. The van der Waals surface area contributed by atoms with E-state index in [0.717, 1.165) is 64.2 Å². The maximum absolute atomic E-state index is 12.7. The van der Waals surface area contributed by atoms with Crippen molar-refractivity contribution in [1.82, 2.24) is 0 Å². The van der Waals surface area contributed by atoms with E-state index in [1.807, 2.05) is 27.2 Å². The third-order valence-corrected chi connectivity index (χ3v) is 10.6. The van der Waals surface area contributed by atoms with Crippen LogP contribution in [-0.2, 0) is 32.7 Å². The van der Waals surface area contributed by atoms with Crippen molar-refractivity contribution in [3.63, 3.8) is 0 Å². The van der Waals surface area contributed by atoms with Crippen LogP contribution in [-0.4, -0.2) is 70.0 Å². The summed E-state index contributed by atoms with van der Waals surface area (Å²) in [6, 6.07) is 0. The Kier molecular flexibility index (Phi) is 38.5. The topological polar surface area (TPSA) is 111 Å². The van der Waals surface area contributed by atoms with Gasteiger partial charge in [-0.25, -0.2) is 0 Å². The lowest BCUT2D eigenvalue weighted by molar-refractivity contribution is -0.870. The average molecular weight is 836 g/mol. The SMILES string of the molecule is C=CCCCCCCCCCCCCCCCC(=O)OC[C@H](COP(=O)([O-])OCC[N+](C)(C)C)OC(=O)CCCCC/C=C/C/C=C/C/C=C/C/C=C/CCCCC. The number of rotatable bonds is 42. The maximum atomic E-state index is 12.7. The van der Waals surface area contributed by atoms with E-state index < -0.39 is 32.5 Å². The number of esters is 2. The molecule has 0 rings (SSSR count). The number of carbonyl (C=O) groups is 2. The molecule has 2 atom stereocenters. The van der Waals surface area contributed by atoms with Crippen molar-refractivity contribution in [3.8, 4) is 0 Å². The number of hydrogen-bond donors (Lipinski definition) is 0. The third-order valence-electron chi connectivity index (χ3n) is 9.66. The molecule has 0 N–H and O–H groups in total. The molecule has 0 radical (unpaired) electrons. The molecule has 58 heavy (non-hydrogen) atoms. The van der Waals surface area contributed by atoms with Gasteiger partial charge in [-0.15, -0.1) is 6.58 Å². The number of carbonyl (C=O) groups excluding carboxylic acids is 2. The summed E-state index contributed by atoms with van der Waals surface area (Å²) in [6.45, 7) is 5.68. The fraction of sp³-hybridized carbons (Fsp3) is 0.750. The molecular weight excluding hydrogens is 750 g/mol. The molecule has 0 aromatic heterocycles. The van der Waals surface area contributed by atoms with Crippen LogP contribution in [0.1, 0.15) is 180 Å². The van der Waals surface area contributed by atoms with Gasteiger partial charge in [0.1, 0.15) is 19.8 Å². The molecule has 9 nitrogen and oxygen atoms in total. The summed E-state index contributed by atoms with van der Waals surface area (Å²) >= 11 is 0. The van der Waals surface area contributed by atoms with Crippen LogP contribution in [0.5, 0.6) is 0 Å². The molecule has 0 spiro atoms. The average Bonchev–Trinajstić information content (AvgIpc) is 3.17. The Morgan fingerprint density at radius 1 is 0.586 bits per heavy atom. The molecule has 336 valence electrons. The number of unbranched alkanes of at least 4 members (excludes halogenated alkanes) is 19. The van der Waals surface area contributed by atoms with Gasteiger partial charge >= 0.3 is 11.9 Å². The summed E-state index contributed by atoms with van der Waals surface area (Å²) in [6.07, 6.45) is 47.1. The van der Waals surface area contributed by atoms with E-state index in [1.165, 1.54) is 89.9 Å². The van der Waals surface area contributed by atoms with Crippen LogP contribution in [0.15, 0.2) is 61.3 Å². The third kappa shape index (κ3) is 43.3. The van der Waals surface area contributed by atoms with Gasteiger partial charge in [0, 0.05) is 12.8 Å². The first-order chi connectivity index (χ1) is 28.0. The van der Waals surface area contributed by atoms with Crippen molar-refractivity contribution in [2.45, 2.75) is 186 Å². The monoisotopic (exact) mass is 836 g/mol. The summed E-state index contributed by atoms with van der Waals surface area (Å²) in [5.74, 6) is -0.875. The standard InChI is InChI=1S/C48H86NO8P/c1-6-8-10-12-14-16-18-20-22-23-24-25-27-29-31-33-35-37-39-41-48(51)57-46(45-56-58(52,53)55-43-42-49(3,4)5)44-54-47(50)40-38-36-34-32-30-28-26-21-19-17-15-13-11-9-7-2/h7,14,16,20,22,24-25,29,31,46H,2,6,8-13,15,17-19,21,23,26-28,30,32-45H2,1,3-5H3/b16-14+,22-20+,25-24+,31-29+/t46-/m1/s1. The Balaban J connectivity index is 4.39. The van der Waals surface area contributed by atoms with Crippen LogP contribution in [0.3, 0.4) is 0 Å². The minimum absolute atomic E-state index is 0.0399. The van der Waals surface area contributed by atoms with Crippen LogP contribution >= 0.6 is 7.82 Å². The van der Waals surface area contributed by atoms with Gasteiger partial charge in [-0.2, -0.15) is 0 Å². The Morgan fingerprint density at radius 3 is 1.52 bits per heavy atom. The van der Waals surface area contributed by atoms with Crippen molar-refractivity contribution in [2.75, 3.05) is 47.5 Å². The van der Waals surface area contributed by atoms with E-state index in [9.17, 15) is 19.0 Å². The van der Waals surface area contributed by atoms with E-state index in [4.69, 9.17) is 18.5 Å². The van der Waals surface area contributed by atoms with Gasteiger partial charge in [0.2, 0.25) is 0 Å². The van der Waals surface area contributed by atoms with Gasteiger partial charge in [0.15, 0.2) is 6.10 Å². The normalized spacial score (nSPS) is 13.9. The Hall–Kier alpha value is -2.29. The summed E-state index contributed by atoms with van der Waals surface area (Å²) in [5.41, 5.74) is 0. The Bertz CT molecular complexity index is 1160. The number of nitrogens with zero attached hydrogens (tertiary/aromatic N) is 1. The first-order valence-electron chi connectivity index (χ1n) is 23.0. The number of phosphoric ester groups is 1. The molecule has 0 aliphatic heterocycles. The smallest absolute Gasteiger partial charge is 0.306 e. The van der Waals surface area contributed by atoms with E-state index in [2.05, 4.69) is 62.1 Å². The number of ether oxygens (including phenoxy) is 2.